The third kappa shape index (κ3) is 2.94. The van der Waals surface area contributed by atoms with Crippen molar-refractivity contribution in [3.63, 3.8) is 0 Å². The van der Waals surface area contributed by atoms with Crippen molar-refractivity contribution >= 4 is 29.3 Å². The molecule has 0 radical (unpaired) electrons. The van der Waals surface area contributed by atoms with Crippen molar-refractivity contribution in [3.8, 4) is 0 Å². The highest BCUT2D eigenvalue weighted by molar-refractivity contribution is 7.99. The maximum Gasteiger partial charge on any atom is 0.335 e. The van der Waals surface area contributed by atoms with Crippen LogP contribution in [0.4, 0.5) is 4.39 Å². The van der Waals surface area contributed by atoms with Crippen LogP contribution in [0.5, 0.6) is 0 Å². The molecule has 1 aromatic carbocycles. The van der Waals surface area contributed by atoms with Crippen molar-refractivity contribution in [2.75, 3.05) is 0 Å². The van der Waals surface area contributed by atoms with Crippen LogP contribution < -0.4 is 5.56 Å². The Kier molecular flexibility index (Phi) is 3.87. The normalized spacial score (nSPS) is 10.4. The maximum absolute atomic E-state index is 13.6. The average molecular weight is 301 g/mol. The molecule has 2 rings (SSSR count). The zero-order valence-electron chi connectivity index (χ0n) is 9.18. The molecule has 8 heteroatoms. The molecule has 2 N–H and O–H groups in total. The Morgan fingerprint density at radius 2 is 2.21 bits per heavy atom. The minimum absolute atomic E-state index is 0.0277. The van der Waals surface area contributed by atoms with E-state index in [0.29, 0.717) is 0 Å². The molecule has 0 saturated carbocycles. The lowest BCUT2D eigenvalue weighted by Crippen LogP contribution is -2.07. The van der Waals surface area contributed by atoms with E-state index in [9.17, 15) is 14.0 Å². The molecule has 2 aromatic rings. The summed E-state index contributed by atoms with van der Waals surface area (Å²) in [5, 5.41) is 8.77. The Labute approximate surface area is 115 Å². The molecule has 1 heterocycles. The summed E-state index contributed by atoms with van der Waals surface area (Å²) in [5.41, 5.74) is -0.612. The summed E-state index contributed by atoms with van der Waals surface area (Å²) in [6.07, 6.45) is 1.13. The molecule has 0 aliphatic carbocycles. The number of aromatic nitrogens is 2. The molecule has 19 heavy (non-hydrogen) atoms. The quantitative estimate of drug-likeness (QED) is 0.851. The number of carbonyl (C=O) groups is 1. The van der Waals surface area contributed by atoms with Gasteiger partial charge in [0, 0.05) is 0 Å². The molecule has 1 aromatic heterocycles. The summed E-state index contributed by atoms with van der Waals surface area (Å²) < 4.78 is 13.6. The third-order valence-corrected chi connectivity index (χ3v) is 3.65. The van der Waals surface area contributed by atoms with E-state index in [1.807, 2.05) is 0 Å². The predicted molar refractivity (Wildman–Crippen MR) is 67.4 cm³/mol. The molecule has 0 atom stereocenters. The number of benzene rings is 1. The number of halogens is 2. The summed E-state index contributed by atoms with van der Waals surface area (Å²) in [4.78, 5) is 28.2. The summed E-state index contributed by atoms with van der Waals surface area (Å²) in [5.74, 6) is -1.79. The molecular weight excluding hydrogens is 295 g/mol. The van der Waals surface area contributed by atoms with Gasteiger partial charge in [0.25, 0.3) is 5.56 Å². The molecule has 0 fully saturated rings. The molecule has 5 nitrogen and oxygen atoms in total. The Hall–Kier alpha value is -1.86. The van der Waals surface area contributed by atoms with Crippen LogP contribution in [0.25, 0.3) is 0 Å². The van der Waals surface area contributed by atoms with Gasteiger partial charge in [-0.05, 0) is 18.2 Å². The van der Waals surface area contributed by atoms with Crippen molar-refractivity contribution < 1.29 is 14.3 Å². The summed E-state index contributed by atoms with van der Waals surface area (Å²) in [6, 6.07) is 3.34. The molecule has 0 aliphatic heterocycles. The van der Waals surface area contributed by atoms with E-state index < -0.39 is 17.3 Å². The zero-order valence-corrected chi connectivity index (χ0v) is 10.8. The van der Waals surface area contributed by atoms with Crippen LogP contribution in [-0.2, 0) is 0 Å². The zero-order chi connectivity index (χ0) is 14.0. The number of H-pyrrole nitrogens is 1. The number of aromatic amines is 1. The number of aromatic carboxylic acids is 1. The fourth-order valence-electron chi connectivity index (χ4n) is 1.26. The molecule has 0 amide bonds. The van der Waals surface area contributed by atoms with Gasteiger partial charge in [-0.15, -0.1) is 0 Å². The van der Waals surface area contributed by atoms with Crippen LogP contribution in [0.15, 0.2) is 39.2 Å². The van der Waals surface area contributed by atoms with Gasteiger partial charge in [-0.2, -0.15) is 0 Å². The van der Waals surface area contributed by atoms with Crippen LogP contribution in [0.3, 0.4) is 0 Å². The van der Waals surface area contributed by atoms with E-state index in [2.05, 4.69) is 9.97 Å². The van der Waals surface area contributed by atoms with E-state index in [-0.39, 0.29) is 20.5 Å². The second kappa shape index (κ2) is 5.41. The van der Waals surface area contributed by atoms with Gasteiger partial charge in [-0.1, -0.05) is 23.4 Å². The van der Waals surface area contributed by atoms with Crippen LogP contribution in [-0.4, -0.2) is 21.0 Å². The van der Waals surface area contributed by atoms with Gasteiger partial charge in [0.1, 0.15) is 15.9 Å². The minimum atomic E-state index is -1.17. The molecule has 0 bridgehead atoms. The SMILES string of the molecule is O=C(O)c1ccc(F)c(Sc2nc[nH]c(=O)c2Cl)c1. The number of rotatable bonds is 3. The molecule has 0 unspecified atom stereocenters. The van der Waals surface area contributed by atoms with Crippen molar-refractivity contribution in [2.24, 2.45) is 0 Å². The predicted octanol–water partition coefficient (Wildman–Crippen LogP) is 2.41. The van der Waals surface area contributed by atoms with Crippen molar-refractivity contribution in [1.29, 1.82) is 0 Å². The largest absolute Gasteiger partial charge is 0.478 e. The maximum atomic E-state index is 13.6. The summed E-state index contributed by atoms with van der Waals surface area (Å²) >= 11 is 6.52. The van der Waals surface area contributed by atoms with Crippen LogP contribution in [0.1, 0.15) is 10.4 Å². The van der Waals surface area contributed by atoms with E-state index in [1.54, 1.807) is 0 Å². The van der Waals surface area contributed by atoms with Crippen LogP contribution in [0, 0.1) is 5.82 Å². The molecule has 0 saturated heterocycles. The van der Waals surface area contributed by atoms with Gasteiger partial charge < -0.3 is 10.1 Å². The van der Waals surface area contributed by atoms with Crippen LogP contribution in [0.2, 0.25) is 5.02 Å². The first-order chi connectivity index (χ1) is 8.99. The third-order valence-electron chi connectivity index (χ3n) is 2.15. The van der Waals surface area contributed by atoms with Crippen molar-refractivity contribution in [1.82, 2.24) is 9.97 Å². The Morgan fingerprint density at radius 3 is 2.89 bits per heavy atom. The van der Waals surface area contributed by atoms with Gasteiger partial charge in [0.15, 0.2) is 0 Å². The first-order valence-corrected chi connectivity index (χ1v) is 6.12. The van der Waals surface area contributed by atoms with Crippen molar-refractivity contribution in [3.05, 3.63) is 51.3 Å². The standard InChI is InChI=1S/C11H6ClFN2O3S/c12-8-9(16)14-4-15-10(8)19-7-3-5(11(17)18)1-2-6(7)13/h1-4H,(H,17,18)(H,14,15,16). The van der Waals surface area contributed by atoms with E-state index >= 15 is 0 Å². The first kappa shape index (κ1) is 13.6. The highest BCUT2D eigenvalue weighted by Crippen LogP contribution is 2.31. The summed E-state index contributed by atoms with van der Waals surface area (Å²) in [6.45, 7) is 0. The monoisotopic (exact) mass is 300 g/mol. The van der Waals surface area contributed by atoms with Crippen LogP contribution >= 0.6 is 23.4 Å². The smallest absolute Gasteiger partial charge is 0.335 e. The Balaban J connectivity index is 2.43. The number of hydrogen-bond acceptors (Lipinski definition) is 4. The molecule has 98 valence electrons. The number of carboxylic acids is 1. The first-order valence-electron chi connectivity index (χ1n) is 4.93. The van der Waals surface area contributed by atoms with Gasteiger partial charge in [-0.25, -0.2) is 14.2 Å². The van der Waals surface area contributed by atoms with E-state index in [1.165, 1.54) is 0 Å². The summed E-state index contributed by atoms with van der Waals surface area (Å²) in [7, 11) is 0. The average Bonchev–Trinajstić information content (AvgIpc) is 2.37. The fraction of sp³-hybridized carbons (Fsp3) is 0. The topological polar surface area (TPSA) is 83.0 Å². The Bertz CT molecular complexity index is 705. The lowest BCUT2D eigenvalue weighted by Gasteiger charge is -2.04. The highest BCUT2D eigenvalue weighted by atomic mass is 35.5. The molecule has 0 aliphatic rings. The number of hydrogen-bond donors (Lipinski definition) is 2. The second-order valence-electron chi connectivity index (χ2n) is 3.40. The van der Waals surface area contributed by atoms with Gasteiger partial charge in [0.2, 0.25) is 0 Å². The molecular formula is C11H6ClFN2O3S. The lowest BCUT2D eigenvalue weighted by atomic mass is 10.2. The highest BCUT2D eigenvalue weighted by Gasteiger charge is 2.13. The molecule has 0 spiro atoms. The van der Waals surface area contributed by atoms with E-state index in [4.69, 9.17) is 16.7 Å². The lowest BCUT2D eigenvalue weighted by molar-refractivity contribution is 0.0696. The van der Waals surface area contributed by atoms with Gasteiger partial charge in [0.05, 0.1) is 16.8 Å². The fourth-order valence-corrected chi connectivity index (χ4v) is 2.32. The number of nitrogens with zero attached hydrogens (tertiary/aromatic N) is 1. The van der Waals surface area contributed by atoms with Gasteiger partial charge >= 0.3 is 5.97 Å². The second-order valence-corrected chi connectivity index (χ2v) is 4.81. The number of nitrogens with one attached hydrogen (secondary N) is 1. The van der Waals surface area contributed by atoms with Crippen molar-refractivity contribution in [2.45, 2.75) is 9.92 Å². The van der Waals surface area contributed by atoms with E-state index in [0.717, 1.165) is 36.3 Å². The number of carboxylic acid groups (broad SMARTS) is 1. The Morgan fingerprint density at radius 1 is 1.47 bits per heavy atom. The van der Waals surface area contributed by atoms with Gasteiger partial charge in [-0.3, -0.25) is 4.79 Å². The minimum Gasteiger partial charge on any atom is -0.478 e.